The van der Waals surface area contributed by atoms with E-state index in [9.17, 15) is 19.2 Å². The molecule has 1 atom stereocenters. The molecule has 0 radical (unpaired) electrons. The second kappa shape index (κ2) is 11.8. The minimum Gasteiger partial charge on any atom is -0.495 e. The minimum atomic E-state index is -2.94. The molecular weight excluding hydrogens is 520 g/mol. The number of benzene rings is 3. The van der Waals surface area contributed by atoms with Crippen LogP contribution < -0.4 is 15.6 Å². The van der Waals surface area contributed by atoms with E-state index in [0.29, 0.717) is 5.56 Å². The van der Waals surface area contributed by atoms with Crippen LogP contribution in [-0.4, -0.2) is 34.4 Å². The van der Waals surface area contributed by atoms with Crippen molar-refractivity contribution in [2.24, 2.45) is 0 Å². The molecule has 4 aromatic rings. The molecule has 0 saturated heterocycles. The van der Waals surface area contributed by atoms with Gasteiger partial charge in [0.2, 0.25) is 5.91 Å². The topological polar surface area (TPSA) is 115 Å². The largest absolute Gasteiger partial charge is 0.495 e. The number of halogens is 1. The monoisotopic (exact) mass is 547 g/mol. The van der Waals surface area contributed by atoms with Crippen molar-refractivity contribution in [1.82, 2.24) is 4.57 Å². The molecule has 198 valence electrons. The highest BCUT2D eigenvalue weighted by Gasteiger charge is 2.25. The fourth-order valence-corrected chi connectivity index (χ4v) is 4.36. The number of anilines is 1. The number of carbonyl (C=O) groups excluding carboxylic acids is 2. The van der Waals surface area contributed by atoms with E-state index >= 15 is 0 Å². The summed E-state index contributed by atoms with van der Waals surface area (Å²) < 4.78 is 29.5. The fourth-order valence-electron chi connectivity index (χ4n) is 4.19. The highest BCUT2D eigenvalue weighted by Crippen LogP contribution is 2.34. The van der Waals surface area contributed by atoms with E-state index in [1.807, 2.05) is 0 Å². The normalized spacial score (nSPS) is 12.9. The van der Waals surface area contributed by atoms with Gasteiger partial charge in [0.1, 0.15) is 11.8 Å². The van der Waals surface area contributed by atoms with E-state index in [2.05, 4.69) is 5.32 Å². The molecule has 1 aromatic heterocycles. The van der Waals surface area contributed by atoms with Gasteiger partial charge in [0.05, 0.1) is 22.9 Å². The predicted molar refractivity (Wildman–Crippen MR) is 149 cm³/mol. The SMILES string of the molecule is [2H]C([2H])([2H])Oc1cn([C@H](Cc2ccccc2)C(=O)Nc2ccc(C(=O)O)cc2)c(=O)cc1-c1cc(Cl)ccc1C(C)=O. The molecule has 0 unspecified atom stereocenters. The number of carboxylic acid groups (broad SMARTS) is 1. The molecule has 0 aliphatic carbocycles. The number of hydrogen-bond donors (Lipinski definition) is 2. The summed E-state index contributed by atoms with van der Waals surface area (Å²) in [6.45, 7) is 1.32. The Morgan fingerprint density at radius 1 is 1.03 bits per heavy atom. The third-order valence-corrected chi connectivity index (χ3v) is 6.35. The van der Waals surface area contributed by atoms with Crippen molar-refractivity contribution in [2.75, 3.05) is 12.4 Å². The molecule has 8 nitrogen and oxygen atoms in total. The predicted octanol–water partition coefficient (Wildman–Crippen LogP) is 5.50. The van der Waals surface area contributed by atoms with Crippen LogP contribution in [0, 0.1) is 0 Å². The van der Waals surface area contributed by atoms with Crippen molar-refractivity contribution in [3.8, 4) is 16.9 Å². The standard InChI is InChI=1S/C30H25ClN2O6/c1-18(34)23-13-10-21(31)15-24(23)25-16-28(35)33(17-27(25)39-2)26(14-19-6-4-3-5-7-19)29(36)32-22-11-8-20(9-12-22)30(37)38/h3-13,15-17,26H,14H2,1-2H3,(H,32,36)(H,37,38)/t26-/m1/s1/i2D3. The average molecular weight is 548 g/mol. The number of carbonyl (C=O) groups is 3. The molecule has 39 heavy (non-hydrogen) atoms. The number of methoxy groups -OCH3 is 1. The lowest BCUT2D eigenvalue weighted by molar-refractivity contribution is -0.119. The zero-order valence-electron chi connectivity index (χ0n) is 23.7. The lowest BCUT2D eigenvalue weighted by atomic mass is 9.97. The fraction of sp³-hybridized carbons (Fsp3) is 0.133. The van der Waals surface area contributed by atoms with Crippen LogP contribution in [-0.2, 0) is 11.2 Å². The Labute approximate surface area is 233 Å². The van der Waals surface area contributed by atoms with Crippen LogP contribution in [0.1, 0.15) is 43.4 Å². The summed E-state index contributed by atoms with van der Waals surface area (Å²) in [6, 6.07) is 18.7. The number of amides is 1. The van der Waals surface area contributed by atoms with Gasteiger partial charge < -0.3 is 15.2 Å². The third-order valence-electron chi connectivity index (χ3n) is 6.11. The van der Waals surface area contributed by atoms with Crippen molar-refractivity contribution in [3.05, 3.63) is 117 Å². The molecular formula is C30H25ClN2O6. The van der Waals surface area contributed by atoms with Crippen LogP contribution >= 0.6 is 11.6 Å². The smallest absolute Gasteiger partial charge is 0.335 e. The maximum Gasteiger partial charge on any atom is 0.335 e. The summed E-state index contributed by atoms with van der Waals surface area (Å²) in [7, 11) is -2.94. The maximum atomic E-state index is 13.6. The number of nitrogens with zero attached hydrogens (tertiary/aromatic N) is 1. The van der Waals surface area contributed by atoms with E-state index in [4.69, 9.17) is 25.6 Å². The molecule has 4 rings (SSSR count). The number of aromatic carboxylic acids is 1. The van der Waals surface area contributed by atoms with Gasteiger partial charge in [0.25, 0.3) is 5.56 Å². The first-order chi connectivity index (χ1) is 19.8. The van der Waals surface area contributed by atoms with Crippen LogP contribution in [0.2, 0.25) is 5.02 Å². The molecule has 0 fully saturated rings. The summed E-state index contributed by atoms with van der Waals surface area (Å²) in [5.41, 5.74) is 0.755. The van der Waals surface area contributed by atoms with E-state index in [0.717, 1.165) is 16.8 Å². The Morgan fingerprint density at radius 3 is 2.38 bits per heavy atom. The minimum absolute atomic E-state index is 0.0169. The number of pyridine rings is 1. The third kappa shape index (κ3) is 6.25. The van der Waals surface area contributed by atoms with Crippen molar-refractivity contribution in [3.63, 3.8) is 0 Å². The Hall–Kier alpha value is -4.69. The average Bonchev–Trinajstić information content (AvgIpc) is 2.92. The van der Waals surface area contributed by atoms with Crippen molar-refractivity contribution in [1.29, 1.82) is 0 Å². The molecule has 9 heteroatoms. The van der Waals surface area contributed by atoms with E-state index in [1.165, 1.54) is 49.4 Å². The van der Waals surface area contributed by atoms with Crippen LogP contribution in [0.25, 0.3) is 11.1 Å². The van der Waals surface area contributed by atoms with Gasteiger partial charge in [0.15, 0.2) is 5.78 Å². The van der Waals surface area contributed by atoms with Gasteiger partial charge in [-0.25, -0.2) is 4.79 Å². The number of aromatic nitrogens is 1. The second-order valence-electron chi connectivity index (χ2n) is 8.72. The first-order valence-corrected chi connectivity index (χ1v) is 12.1. The number of Topliss-reactive ketones (excluding diaryl/α,β-unsaturated/α-hetero) is 1. The van der Waals surface area contributed by atoms with Crippen LogP contribution in [0.5, 0.6) is 5.75 Å². The van der Waals surface area contributed by atoms with Gasteiger partial charge in [-0.1, -0.05) is 41.9 Å². The summed E-state index contributed by atoms with van der Waals surface area (Å²) >= 11 is 6.18. The number of ketones is 1. The van der Waals surface area contributed by atoms with Gasteiger partial charge in [-0.3, -0.25) is 19.0 Å². The Bertz CT molecular complexity index is 1700. The number of nitrogens with one attached hydrogen (secondary N) is 1. The molecule has 0 aliphatic rings. The molecule has 0 bridgehead atoms. The van der Waals surface area contributed by atoms with Crippen molar-refractivity contribution in [2.45, 2.75) is 19.4 Å². The van der Waals surface area contributed by atoms with Gasteiger partial charge in [0, 0.05) is 34.3 Å². The summed E-state index contributed by atoms with van der Waals surface area (Å²) in [6.07, 6.45) is 1.18. The van der Waals surface area contributed by atoms with E-state index in [1.54, 1.807) is 30.3 Å². The number of ether oxygens (including phenoxy) is 1. The molecule has 3 aromatic carbocycles. The van der Waals surface area contributed by atoms with Crippen LogP contribution in [0.3, 0.4) is 0 Å². The zero-order valence-corrected chi connectivity index (χ0v) is 21.4. The maximum absolute atomic E-state index is 13.6. The summed E-state index contributed by atoms with van der Waals surface area (Å²) in [5.74, 6) is -2.36. The lowest BCUT2D eigenvalue weighted by Gasteiger charge is -2.22. The quantitative estimate of drug-likeness (QED) is 0.267. The molecule has 1 heterocycles. The first kappa shape index (κ1) is 23.4. The number of hydrogen-bond acceptors (Lipinski definition) is 5. The van der Waals surface area contributed by atoms with Crippen LogP contribution in [0.4, 0.5) is 5.69 Å². The lowest BCUT2D eigenvalue weighted by Crippen LogP contribution is -2.34. The molecule has 2 N–H and O–H groups in total. The van der Waals surface area contributed by atoms with E-state index < -0.39 is 30.5 Å². The highest BCUT2D eigenvalue weighted by molar-refractivity contribution is 6.31. The van der Waals surface area contributed by atoms with Crippen molar-refractivity contribution >= 4 is 34.9 Å². The molecule has 0 spiro atoms. The van der Waals surface area contributed by atoms with Gasteiger partial charge in [-0.2, -0.15) is 0 Å². The van der Waals surface area contributed by atoms with Crippen molar-refractivity contribution < 1.29 is 28.3 Å². The van der Waals surface area contributed by atoms with Gasteiger partial charge in [-0.15, -0.1) is 0 Å². The molecule has 1 amide bonds. The van der Waals surface area contributed by atoms with E-state index in [-0.39, 0.29) is 50.9 Å². The number of rotatable bonds is 9. The molecule has 0 aliphatic heterocycles. The first-order valence-electron chi connectivity index (χ1n) is 13.3. The highest BCUT2D eigenvalue weighted by atomic mass is 35.5. The Morgan fingerprint density at radius 2 is 1.74 bits per heavy atom. The van der Waals surface area contributed by atoms with Gasteiger partial charge in [-0.05, 0) is 60.5 Å². The second-order valence-corrected chi connectivity index (χ2v) is 9.16. The van der Waals surface area contributed by atoms with Crippen LogP contribution in [0.15, 0.2) is 89.9 Å². The Kier molecular flexibility index (Phi) is 7.08. The summed E-state index contributed by atoms with van der Waals surface area (Å²) in [4.78, 5) is 50.8. The Balaban J connectivity index is 1.86. The van der Waals surface area contributed by atoms with Gasteiger partial charge >= 0.3 is 5.97 Å². The molecule has 0 saturated carbocycles. The zero-order chi connectivity index (χ0) is 30.6. The summed E-state index contributed by atoms with van der Waals surface area (Å²) in [5, 5.41) is 12.1. The number of carboxylic acids is 1.